The zero-order valence-electron chi connectivity index (χ0n) is 11.3. The molecule has 1 saturated carbocycles. The predicted molar refractivity (Wildman–Crippen MR) is 75.0 cm³/mol. The molecular weight excluding hydrogens is 280 g/mol. The number of carboxylic acid groups (broad SMARTS) is 1. The summed E-state index contributed by atoms with van der Waals surface area (Å²) in [5.41, 5.74) is 0. The number of carbonyl (C=O) groups excluding carboxylic acids is 1. The number of aliphatic carboxylic acids is 1. The first-order chi connectivity index (χ1) is 9.56. The Hall–Kier alpha value is -1.29. The van der Waals surface area contributed by atoms with Crippen molar-refractivity contribution < 1.29 is 19.1 Å². The second-order valence-corrected chi connectivity index (χ2v) is 5.88. The Kier molecular flexibility index (Phi) is 5.24. The topological polar surface area (TPSA) is 67.5 Å². The third-order valence-electron chi connectivity index (χ3n) is 3.97. The Morgan fingerprint density at radius 1 is 1.30 bits per heavy atom. The average molecular weight is 299 g/mol. The molecule has 1 N–H and O–H groups in total. The van der Waals surface area contributed by atoms with E-state index in [-0.39, 0.29) is 23.2 Å². The van der Waals surface area contributed by atoms with Crippen molar-refractivity contribution in [2.45, 2.75) is 44.9 Å². The van der Waals surface area contributed by atoms with Gasteiger partial charge in [-0.1, -0.05) is 32.1 Å². The monoisotopic (exact) mass is 298 g/mol. The second kappa shape index (κ2) is 6.93. The van der Waals surface area contributed by atoms with Gasteiger partial charge >= 0.3 is 5.97 Å². The van der Waals surface area contributed by atoms with E-state index in [1.165, 1.54) is 31.4 Å². The van der Waals surface area contributed by atoms with Crippen LogP contribution in [0, 0.1) is 11.8 Å². The van der Waals surface area contributed by atoms with Gasteiger partial charge in [0.2, 0.25) is 0 Å². The van der Waals surface area contributed by atoms with Crippen LogP contribution in [0.1, 0.15) is 55.5 Å². The lowest BCUT2D eigenvalue weighted by atomic mass is 9.81. The van der Waals surface area contributed by atoms with E-state index in [1.807, 2.05) is 0 Å². The number of carboxylic acids is 1. The number of furan rings is 1. The lowest BCUT2D eigenvalue weighted by Gasteiger charge is -2.24. The minimum Gasteiger partial charge on any atom is -0.481 e. The van der Waals surface area contributed by atoms with Gasteiger partial charge in [0.1, 0.15) is 0 Å². The Morgan fingerprint density at radius 3 is 2.55 bits per heavy atom. The third kappa shape index (κ3) is 4.10. The molecule has 1 fully saturated rings. The van der Waals surface area contributed by atoms with E-state index in [0.29, 0.717) is 12.3 Å². The number of hydrogen-bond acceptors (Lipinski definition) is 3. The van der Waals surface area contributed by atoms with Crippen LogP contribution >= 0.6 is 11.6 Å². The van der Waals surface area contributed by atoms with E-state index >= 15 is 0 Å². The van der Waals surface area contributed by atoms with Gasteiger partial charge in [0.15, 0.2) is 16.8 Å². The molecule has 1 unspecified atom stereocenters. The van der Waals surface area contributed by atoms with Crippen LogP contribution in [0.25, 0.3) is 0 Å². The minimum atomic E-state index is -0.901. The Balaban J connectivity index is 1.94. The maximum absolute atomic E-state index is 12.0. The quantitative estimate of drug-likeness (QED) is 0.800. The molecule has 1 aromatic heterocycles. The lowest BCUT2D eigenvalue weighted by molar-refractivity contribution is -0.142. The van der Waals surface area contributed by atoms with Crippen LogP contribution in [-0.4, -0.2) is 16.9 Å². The van der Waals surface area contributed by atoms with Crippen molar-refractivity contribution in [2.75, 3.05) is 0 Å². The van der Waals surface area contributed by atoms with Gasteiger partial charge in [-0.2, -0.15) is 0 Å². The first-order valence-electron chi connectivity index (χ1n) is 7.07. The van der Waals surface area contributed by atoms with Crippen LogP contribution in [0.4, 0.5) is 0 Å². The molecule has 0 amide bonds. The van der Waals surface area contributed by atoms with Crippen LogP contribution in [0.5, 0.6) is 0 Å². The summed E-state index contributed by atoms with van der Waals surface area (Å²) in [6.07, 6.45) is 6.27. The number of ketones is 1. The van der Waals surface area contributed by atoms with E-state index in [9.17, 15) is 14.7 Å². The normalized spacial score (nSPS) is 17.9. The molecule has 0 bridgehead atoms. The molecule has 1 aliphatic carbocycles. The minimum absolute atomic E-state index is 0.0182. The van der Waals surface area contributed by atoms with Crippen molar-refractivity contribution in [1.82, 2.24) is 0 Å². The summed E-state index contributed by atoms with van der Waals surface area (Å²) in [7, 11) is 0. The Labute approximate surface area is 123 Å². The van der Waals surface area contributed by atoms with Crippen LogP contribution < -0.4 is 0 Å². The molecule has 1 atom stereocenters. The molecule has 110 valence electrons. The fraction of sp³-hybridized carbons (Fsp3) is 0.600. The molecule has 4 nitrogen and oxygen atoms in total. The van der Waals surface area contributed by atoms with Gasteiger partial charge in [-0.3, -0.25) is 9.59 Å². The van der Waals surface area contributed by atoms with Gasteiger partial charge in [-0.25, -0.2) is 0 Å². The Bertz CT molecular complexity index is 474. The zero-order chi connectivity index (χ0) is 14.5. The second-order valence-electron chi connectivity index (χ2n) is 5.51. The predicted octanol–water partition coefficient (Wildman–Crippen LogP) is 4.18. The van der Waals surface area contributed by atoms with Crippen molar-refractivity contribution in [3.8, 4) is 0 Å². The zero-order valence-corrected chi connectivity index (χ0v) is 12.1. The number of carbonyl (C=O) groups is 2. The third-order valence-corrected chi connectivity index (χ3v) is 4.17. The SMILES string of the molecule is O=C(CC(CC1CCCCC1)C(=O)O)c1ccc(Cl)o1. The van der Waals surface area contributed by atoms with Crippen LogP contribution in [0.15, 0.2) is 16.5 Å². The molecule has 5 heteroatoms. The number of rotatable bonds is 6. The van der Waals surface area contributed by atoms with Gasteiger partial charge in [0.25, 0.3) is 0 Å². The standard InChI is InChI=1S/C15H19ClO4/c16-14-7-6-13(20-14)12(17)9-11(15(18)19)8-10-4-2-1-3-5-10/h6-7,10-11H,1-5,8-9H2,(H,18,19). The fourth-order valence-corrected chi connectivity index (χ4v) is 3.03. The summed E-state index contributed by atoms with van der Waals surface area (Å²) in [6, 6.07) is 2.98. The van der Waals surface area contributed by atoms with Gasteiger partial charge in [-0.05, 0) is 36.1 Å². The maximum atomic E-state index is 12.0. The molecule has 0 radical (unpaired) electrons. The first kappa shape index (κ1) is 15.1. The summed E-state index contributed by atoms with van der Waals surface area (Å²) < 4.78 is 5.04. The van der Waals surface area contributed by atoms with Crippen molar-refractivity contribution in [3.05, 3.63) is 23.1 Å². The maximum Gasteiger partial charge on any atom is 0.306 e. The van der Waals surface area contributed by atoms with Crippen molar-refractivity contribution in [3.63, 3.8) is 0 Å². The summed E-state index contributed by atoms with van der Waals surface area (Å²) in [5.74, 6) is -1.25. The summed E-state index contributed by atoms with van der Waals surface area (Å²) in [6.45, 7) is 0. The van der Waals surface area contributed by atoms with E-state index < -0.39 is 11.9 Å². The highest BCUT2D eigenvalue weighted by atomic mass is 35.5. The fourth-order valence-electron chi connectivity index (χ4n) is 2.89. The van der Waals surface area contributed by atoms with Crippen LogP contribution in [-0.2, 0) is 4.79 Å². The molecule has 1 aliphatic rings. The number of Topliss-reactive ketones (excluding diaryl/α,β-unsaturated/α-hetero) is 1. The molecule has 0 spiro atoms. The molecule has 2 rings (SSSR count). The van der Waals surface area contributed by atoms with Gasteiger partial charge in [0.05, 0.1) is 5.92 Å². The van der Waals surface area contributed by atoms with Crippen LogP contribution in [0.3, 0.4) is 0 Å². The number of hydrogen-bond donors (Lipinski definition) is 1. The molecule has 0 aliphatic heterocycles. The van der Waals surface area contributed by atoms with Crippen molar-refractivity contribution >= 4 is 23.4 Å². The van der Waals surface area contributed by atoms with Gasteiger partial charge in [-0.15, -0.1) is 0 Å². The molecule has 1 heterocycles. The molecule has 0 aromatic carbocycles. The van der Waals surface area contributed by atoms with E-state index in [2.05, 4.69) is 0 Å². The smallest absolute Gasteiger partial charge is 0.306 e. The largest absolute Gasteiger partial charge is 0.481 e. The summed E-state index contributed by atoms with van der Waals surface area (Å²) in [5, 5.41) is 9.44. The van der Waals surface area contributed by atoms with Gasteiger partial charge < -0.3 is 9.52 Å². The van der Waals surface area contributed by atoms with E-state index in [1.54, 1.807) is 0 Å². The first-order valence-corrected chi connectivity index (χ1v) is 7.45. The average Bonchev–Trinajstić information content (AvgIpc) is 2.86. The molecule has 1 aromatic rings. The molecule has 0 saturated heterocycles. The van der Waals surface area contributed by atoms with Crippen LogP contribution in [0.2, 0.25) is 5.22 Å². The highest BCUT2D eigenvalue weighted by Crippen LogP contribution is 2.31. The summed E-state index contributed by atoms with van der Waals surface area (Å²) >= 11 is 5.62. The molecule has 20 heavy (non-hydrogen) atoms. The van der Waals surface area contributed by atoms with Crippen molar-refractivity contribution in [1.29, 1.82) is 0 Å². The van der Waals surface area contributed by atoms with Gasteiger partial charge in [0, 0.05) is 6.42 Å². The van der Waals surface area contributed by atoms with E-state index in [0.717, 1.165) is 12.8 Å². The van der Waals surface area contributed by atoms with E-state index in [4.69, 9.17) is 16.0 Å². The number of halogens is 1. The Morgan fingerprint density at radius 2 is 2.00 bits per heavy atom. The van der Waals surface area contributed by atoms with Crippen molar-refractivity contribution in [2.24, 2.45) is 11.8 Å². The highest BCUT2D eigenvalue weighted by Gasteiger charge is 2.27. The summed E-state index contributed by atoms with van der Waals surface area (Å²) in [4.78, 5) is 23.3. The molecular formula is C15H19ClO4. The lowest BCUT2D eigenvalue weighted by Crippen LogP contribution is -2.22. The highest BCUT2D eigenvalue weighted by molar-refractivity contribution is 6.29.